The number of rotatable bonds is 10. The van der Waals surface area contributed by atoms with Crippen molar-refractivity contribution in [1.29, 1.82) is 0 Å². The van der Waals surface area contributed by atoms with Crippen LogP contribution in [-0.4, -0.2) is 71.9 Å². The molecule has 2 saturated heterocycles. The lowest BCUT2D eigenvalue weighted by Gasteiger charge is -2.29. The van der Waals surface area contributed by atoms with Crippen LogP contribution in [0.1, 0.15) is 107 Å². The van der Waals surface area contributed by atoms with Gasteiger partial charge in [0.2, 0.25) is 27.7 Å². The molecule has 4 heterocycles. The maximum absolute atomic E-state index is 15.0. The fourth-order valence-corrected chi connectivity index (χ4v) is 12.5. The minimum absolute atomic E-state index is 0.0463. The van der Waals surface area contributed by atoms with Crippen LogP contribution in [0.5, 0.6) is 11.6 Å². The van der Waals surface area contributed by atoms with Crippen molar-refractivity contribution in [2.75, 3.05) is 13.7 Å². The number of nitrogens with one attached hydrogen (secondary N) is 1. The fourth-order valence-electron chi connectivity index (χ4n) is 10.2. The molecule has 0 spiro atoms. The zero-order chi connectivity index (χ0) is 41.9. The minimum atomic E-state index is -3.81. The van der Waals surface area contributed by atoms with Crippen LogP contribution in [0, 0.1) is 36.0 Å². The first-order chi connectivity index (χ1) is 28.8. The summed E-state index contributed by atoms with van der Waals surface area (Å²) < 4.78 is 41.2. The number of carbonyl (C=O) groups is 3. The molecule has 2 unspecified atom stereocenters. The van der Waals surface area contributed by atoms with E-state index < -0.39 is 38.7 Å². The number of amides is 2. The molecule has 2 aliphatic heterocycles. The van der Waals surface area contributed by atoms with Gasteiger partial charge in [-0.15, -0.1) is 11.3 Å². The second kappa shape index (κ2) is 16.2. The van der Waals surface area contributed by atoms with Gasteiger partial charge in [0.1, 0.15) is 22.6 Å². The number of sulfonamides is 1. The monoisotopic (exact) mass is 852 g/mol. The van der Waals surface area contributed by atoms with Crippen LogP contribution in [0.2, 0.25) is 0 Å². The first kappa shape index (κ1) is 41.0. The number of carbonyl (C=O) groups excluding carboxylic acids is 3. The first-order valence-electron chi connectivity index (χ1n) is 21.9. The number of ketones is 1. The molecule has 9 rings (SSSR count). The standard InChI is InChI=1S/C47H56N4O7S2/c1-27(2)39-26-59-44(49-39)38-22-35-28(3)42(57-4)18-17-34(35)43(48-38)58-32-21-40-41(52)24-47(46(54)50-60(55,56)33-15-16-33)23-37(47)36-20-30(36)13-9-6-10-14-31(45(53)51(40)25-32)19-29-11-7-5-8-12-29/h5,7-8,11-12,17-18,22,26-27,30-33,36-37,40H,6,9-10,13-16,19-21,23-25H2,1-4H3,(H,50,54)/t30?,31-,32-,36?,37+,40+,47-/m1/s1. The summed E-state index contributed by atoms with van der Waals surface area (Å²) in [5.41, 5.74) is 2.55. The van der Waals surface area contributed by atoms with Crippen molar-refractivity contribution in [1.82, 2.24) is 19.6 Å². The van der Waals surface area contributed by atoms with E-state index in [1.807, 2.05) is 55.5 Å². The Balaban J connectivity index is 1.07. The molecule has 318 valence electrons. The molecule has 13 heteroatoms. The van der Waals surface area contributed by atoms with E-state index in [1.54, 1.807) is 12.0 Å². The van der Waals surface area contributed by atoms with Gasteiger partial charge < -0.3 is 14.4 Å². The Hall–Kier alpha value is -4.36. The fraction of sp³-hybridized carbons (Fsp3) is 0.553. The van der Waals surface area contributed by atoms with Crippen LogP contribution < -0.4 is 14.2 Å². The van der Waals surface area contributed by atoms with Gasteiger partial charge >= 0.3 is 0 Å². The van der Waals surface area contributed by atoms with Crippen LogP contribution in [0.25, 0.3) is 21.5 Å². The maximum atomic E-state index is 15.0. The highest BCUT2D eigenvalue weighted by Crippen LogP contribution is 2.68. The first-order valence-corrected chi connectivity index (χ1v) is 24.3. The predicted octanol–water partition coefficient (Wildman–Crippen LogP) is 8.18. The molecule has 11 nitrogen and oxygen atoms in total. The third kappa shape index (κ3) is 8.08. The normalized spacial score (nSPS) is 28.3. The number of fused-ring (bicyclic) bond motifs is 5. The van der Waals surface area contributed by atoms with Gasteiger partial charge in [-0.3, -0.25) is 19.1 Å². The number of methoxy groups -OCH3 is 1. The van der Waals surface area contributed by atoms with Crippen LogP contribution in [0.4, 0.5) is 0 Å². The van der Waals surface area contributed by atoms with Crippen molar-refractivity contribution in [3.8, 4) is 22.3 Å². The molecular formula is C47H56N4O7S2. The van der Waals surface area contributed by atoms with Gasteiger partial charge in [0.15, 0.2) is 5.78 Å². The number of hydrogen-bond acceptors (Lipinski definition) is 10. The summed E-state index contributed by atoms with van der Waals surface area (Å²) in [5, 5.41) is 3.97. The maximum Gasteiger partial charge on any atom is 0.240 e. The van der Waals surface area contributed by atoms with Gasteiger partial charge in [-0.25, -0.2) is 18.4 Å². The molecule has 0 bridgehead atoms. The molecule has 5 aliphatic rings. The number of pyridine rings is 1. The molecule has 3 aliphatic carbocycles. The molecule has 5 fully saturated rings. The number of benzene rings is 2. The van der Waals surface area contributed by atoms with E-state index in [2.05, 4.69) is 23.9 Å². The number of aromatic nitrogens is 2. The number of aryl methyl sites for hydroxylation is 1. The highest BCUT2D eigenvalue weighted by Gasteiger charge is 2.68. The van der Waals surface area contributed by atoms with Crippen molar-refractivity contribution >= 4 is 49.7 Å². The smallest absolute Gasteiger partial charge is 0.240 e. The van der Waals surface area contributed by atoms with Gasteiger partial charge in [-0.2, -0.15) is 0 Å². The lowest BCUT2D eigenvalue weighted by Crippen LogP contribution is -2.46. The summed E-state index contributed by atoms with van der Waals surface area (Å²) >= 11 is 1.53. The zero-order valence-corrected chi connectivity index (χ0v) is 36.7. The Morgan fingerprint density at radius 3 is 2.52 bits per heavy atom. The summed E-state index contributed by atoms with van der Waals surface area (Å²) in [4.78, 5) is 55.8. The highest BCUT2D eigenvalue weighted by molar-refractivity contribution is 7.90. The van der Waals surface area contributed by atoms with Crippen LogP contribution >= 0.6 is 11.3 Å². The minimum Gasteiger partial charge on any atom is -0.496 e. The Labute approximate surface area is 357 Å². The SMILES string of the molecule is COc1ccc2c(O[C@@H]3C[C@H]4C(=O)C[C@]5(C(=O)NS(=O)(=O)C6CC6)C[C@H]5C5CC5CCCCC[C@H](Cc5ccccc5)C(=O)N4C3)nc(-c3nc(C(C)C)cs3)cc2c1C. The molecule has 2 amide bonds. The van der Waals surface area contributed by atoms with E-state index in [9.17, 15) is 22.8 Å². The van der Waals surface area contributed by atoms with Gasteiger partial charge in [0, 0.05) is 29.5 Å². The van der Waals surface area contributed by atoms with E-state index in [0.29, 0.717) is 55.5 Å². The van der Waals surface area contributed by atoms with E-state index in [0.717, 1.165) is 70.5 Å². The number of hydrogen-bond donors (Lipinski definition) is 1. The van der Waals surface area contributed by atoms with Crippen LogP contribution in [0.15, 0.2) is 53.9 Å². The van der Waals surface area contributed by atoms with Crippen molar-refractivity contribution in [2.24, 2.45) is 29.1 Å². The van der Waals surface area contributed by atoms with Crippen molar-refractivity contribution in [2.45, 2.75) is 121 Å². The summed E-state index contributed by atoms with van der Waals surface area (Å²) in [6, 6.07) is 15.1. The number of Topliss-reactive ketones (excluding diaryl/α,β-unsaturated/α-hetero) is 1. The average molecular weight is 853 g/mol. The molecule has 2 aromatic heterocycles. The summed E-state index contributed by atoms with van der Waals surface area (Å²) in [7, 11) is -2.16. The second-order valence-corrected chi connectivity index (χ2v) is 21.3. The Kier molecular flexibility index (Phi) is 11.0. The quantitative estimate of drug-likeness (QED) is 0.167. The Bertz CT molecular complexity index is 2410. The van der Waals surface area contributed by atoms with Crippen molar-refractivity contribution in [3.63, 3.8) is 0 Å². The Morgan fingerprint density at radius 1 is 1.00 bits per heavy atom. The topological polar surface area (TPSA) is 145 Å². The van der Waals surface area contributed by atoms with E-state index >= 15 is 0 Å². The molecule has 0 radical (unpaired) electrons. The van der Waals surface area contributed by atoms with Crippen molar-refractivity contribution < 1.29 is 32.3 Å². The van der Waals surface area contributed by atoms with Crippen LogP contribution in [0.3, 0.4) is 0 Å². The summed E-state index contributed by atoms with van der Waals surface area (Å²) in [5.74, 6) is 0.945. The molecule has 7 atom stereocenters. The van der Waals surface area contributed by atoms with Crippen molar-refractivity contribution in [3.05, 3.63) is 70.7 Å². The lowest BCUT2D eigenvalue weighted by molar-refractivity contribution is -0.142. The lowest BCUT2D eigenvalue weighted by atomic mass is 9.89. The average Bonchev–Trinajstić information content (AvgIpc) is 4.19. The third-order valence-corrected chi connectivity index (χ3v) is 16.7. The molecule has 3 saturated carbocycles. The highest BCUT2D eigenvalue weighted by atomic mass is 32.2. The summed E-state index contributed by atoms with van der Waals surface area (Å²) in [6.07, 6.45) is 7.40. The number of nitrogens with zero attached hydrogens (tertiary/aromatic N) is 3. The van der Waals surface area contributed by atoms with E-state index in [1.165, 1.54) is 11.3 Å². The number of ether oxygens (including phenoxy) is 2. The van der Waals surface area contributed by atoms with Gasteiger partial charge in [0.05, 0.1) is 36.1 Å². The second-order valence-electron chi connectivity index (χ2n) is 18.5. The third-order valence-electron chi connectivity index (χ3n) is 14.0. The van der Waals surface area contributed by atoms with Gasteiger partial charge in [0.25, 0.3) is 0 Å². The largest absolute Gasteiger partial charge is 0.496 e. The summed E-state index contributed by atoms with van der Waals surface area (Å²) in [6.45, 7) is 6.40. The molecular weight excluding hydrogens is 797 g/mol. The van der Waals surface area contributed by atoms with E-state index in [-0.39, 0.29) is 48.8 Å². The molecule has 60 heavy (non-hydrogen) atoms. The molecule has 1 N–H and O–H groups in total. The van der Waals surface area contributed by atoms with Gasteiger partial charge in [-0.1, -0.05) is 69.9 Å². The van der Waals surface area contributed by atoms with Gasteiger partial charge in [-0.05, 0) is 104 Å². The molecule has 4 aromatic rings. The molecule has 2 aromatic carbocycles. The predicted molar refractivity (Wildman–Crippen MR) is 231 cm³/mol. The van der Waals surface area contributed by atoms with E-state index in [4.69, 9.17) is 19.4 Å². The Morgan fingerprint density at radius 2 is 1.78 bits per heavy atom. The zero-order valence-electron chi connectivity index (χ0n) is 35.0. The number of thiazole rings is 1. The van der Waals surface area contributed by atoms with Crippen LogP contribution in [-0.2, 0) is 30.8 Å².